The van der Waals surface area contributed by atoms with Crippen LogP contribution >= 0.6 is 0 Å². The molecule has 0 bridgehead atoms. The molecule has 0 spiro atoms. The van der Waals surface area contributed by atoms with E-state index >= 15 is 0 Å². The van der Waals surface area contributed by atoms with Crippen molar-refractivity contribution in [3.05, 3.63) is 121 Å². The molecule has 0 atom stereocenters. The molecule has 9 rings (SSSR count). The summed E-state index contributed by atoms with van der Waals surface area (Å²) in [6.07, 6.45) is 9.29. The largest absolute Gasteiger partial charge is 2.00 e. The molecule has 9 aromatic rings. The summed E-state index contributed by atoms with van der Waals surface area (Å²) in [5.41, 5.74) is 8.85. The van der Waals surface area contributed by atoms with Gasteiger partial charge in [-0.25, -0.2) is 4.98 Å². The molecule has 0 saturated carbocycles. The van der Waals surface area contributed by atoms with Crippen molar-refractivity contribution in [1.29, 1.82) is 0 Å². The molecule has 0 fully saturated rings. The van der Waals surface area contributed by atoms with Crippen LogP contribution in [0.1, 0.15) is 11.1 Å². The fourth-order valence-electron chi connectivity index (χ4n) is 6.30. The van der Waals surface area contributed by atoms with Crippen molar-refractivity contribution in [2.24, 2.45) is 0 Å². The van der Waals surface area contributed by atoms with Crippen molar-refractivity contribution in [1.82, 2.24) is 28.7 Å². The van der Waals surface area contributed by atoms with Gasteiger partial charge in [0.15, 0.2) is 0 Å². The zero-order valence-corrected chi connectivity index (χ0v) is 25.9. The Morgan fingerprint density at radius 2 is 1.27 bits per heavy atom. The first-order valence-corrected chi connectivity index (χ1v) is 14.1. The number of hydrogen-bond acceptors (Lipinski definition) is 5. The molecule has 0 unspecified atom stereocenters. The zero-order chi connectivity index (χ0) is 28.7. The van der Waals surface area contributed by atoms with Gasteiger partial charge in [-0.1, -0.05) is 70.1 Å². The summed E-state index contributed by atoms with van der Waals surface area (Å²) in [5, 5.41) is 4.73. The van der Waals surface area contributed by atoms with E-state index in [1.165, 1.54) is 11.1 Å². The molecule has 0 aliphatic heterocycles. The third-order valence-corrected chi connectivity index (χ3v) is 8.22. The maximum atomic E-state index is 6.35. The molecule has 0 amide bonds. The number of pyridine rings is 4. The van der Waals surface area contributed by atoms with Crippen LogP contribution in [0.2, 0.25) is 0 Å². The predicted octanol–water partition coefficient (Wildman–Crippen LogP) is 8.06. The first kappa shape index (κ1) is 26.5. The van der Waals surface area contributed by atoms with Crippen LogP contribution in [0.25, 0.3) is 66.2 Å². The molecule has 0 aliphatic carbocycles. The van der Waals surface area contributed by atoms with Crippen molar-refractivity contribution in [3.8, 4) is 22.8 Å². The summed E-state index contributed by atoms with van der Waals surface area (Å²) in [4.78, 5) is 19.1. The minimum atomic E-state index is 0. The van der Waals surface area contributed by atoms with Gasteiger partial charge in [0, 0.05) is 48.0 Å². The predicted molar refractivity (Wildman–Crippen MR) is 169 cm³/mol. The molecule has 0 saturated heterocycles. The monoisotopic (exact) mass is 749 g/mol. The molecule has 0 aliphatic rings. The van der Waals surface area contributed by atoms with E-state index in [0.717, 1.165) is 66.2 Å². The first-order valence-electron chi connectivity index (χ1n) is 14.1. The Morgan fingerprint density at radius 1 is 0.614 bits per heavy atom. The molecule has 8 heteroatoms. The van der Waals surface area contributed by atoms with Gasteiger partial charge in [0.05, 0.1) is 28.0 Å². The number of aromatic nitrogens is 6. The third-order valence-electron chi connectivity index (χ3n) is 8.22. The van der Waals surface area contributed by atoms with Crippen molar-refractivity contribution < 1.29 is 25.8 Å². The van der Waals surface area contributed by atoms with Gasteiger partial charge in [0.1, 0.15) is 5.65 Å². The van der Waals surface area contributed by atoms with Crippen LogP contribution < -0.4 is 4.74 Å². The Kier molecular flexibility index (Phi) is 6.00. The molecular weight excluding hydrogens is 728 g/mol. The normalized spacial score (nSPS) is 11.7. The van der Waals surface area contributed by atoms with E-state index in [1.807, 2.05) is 51.5 Å². The summed E-state index contributed by atoms with van der Waals surface area (Å²) in [7, 11) is 0. The van der Waals surface area contributed by atoms with Crippen LogP contribution in [0.4, 0.5) is 0 Å². The molecule has 3 aromatic carbocycles. The van der Waals surface area contributed by atoms with E-state index in [0.29, 0.717) is 11.5 Å². The Labute approximate surface area is 266 Å². The number of benzene rings is 3. The summed E-state index contributed by atoms with van der Waals surface area (Å²) in [5.74, 6) is 1.15. The number of rotatable bonds is 3. The summed E-state index contributed by atoms with van der Waals surface area (Å²) < 4.78 is 10.4. The van der Waals surface area contributed by atoms with Crippen LogP contribution in [0, 0.1) is 26.0 Å². The summed E-state index contributed by atoms with van der Waals surface area (Å²) in [6.45, 7) is 4.25. The molecule has 212 valence electrons. The summed E-state index contributed by atoms with van der Waals surface area (Å²) >= 11 is 0. The van der Waals surface area contributed by atoms with Crippen LogP contribution in [0.15, 0.2) is 97.7 Å². The van der Waals surface area contributed by atoms with Crippen molar-refractivity contribution in [2.75, 3.05) is 0 Å². The molecular formula is C36H22N6OPt. The third kappa shape index (κ3) is 3.86. The van der Waals surface area contributed by atoms with Gasteiger partial charge in [0.2, 0.25) is 0 Å². The molecule has 0 N–H and O–H groups in total. The minimum Gasteiger partial charge on any atom is -0.497 e. The van der Waals surface area contributed by atoms with Crippen molar-refractivity contribution >= 4 is 54.9 Å². The summed E-state index contributed by atoms with van der Waals surface area (Å²) in [6, 6.07) is 29.4. The molecule has 44 heavy (non-hydrogen) atoms. The maximum Gasteiger partial charge on any atom is 2.00 e. The molecule has 6 heterocycles. The smallest absolute Gasteiger partial charge is 0.497 e. The van der Waals surface area contributed by atoms with E-state index in [4.69, 9.17) is 14.7 Å². The second-order valence-electron chi connectivity index (χ2n) is 10.8. The Bertz CT molecular complexity index is 2570. The first-order chi connectivity index (χ1) is 21.1. The second kappa shape index (κ2) is 9.97. The topological polar surface area (TPSA) is 69.6 Å². The Hall–Kier alpha value is -5.13. The number of aryl methyl sites for hydroxylation is 2. The van der Waals surface area contributed by atoms with Gasteiger partial charge < -0.3 is 13.5 Å². The minimum absolute atomic E-state index is 0. The van der Waals surface area contributed by atoms with Crippen molar-refractivity contribution in [2.45, 2.75) is 13.8 Å². The van der Waals surface area contributed by atoms with Gasteiger partial charge in [-0.3, -0.25) is 15.0 Å². The number of ether oxygens (including phenoxy) is 1. The quantitative estimate of drug-likeness (QED) is 0.135. The number of imidazole rings is 2. The van der Waals surface area contributed by atoms with Gasteiger partial charge >= 0.3 is 21.1 Å². The molecule has 7 nitrogen and oxygen atoms in total. The standard InChI is InChI=1S/C36H22N6O.Pt/c1-21-5-3-6-22(2)32(21)30-13-12-27-25-10-8-23(19-28(25)35-39-16-18-42(35)36(27)40-30)43-24-9-11-26-29(20-24)34-38-15-17-41(34)31-7-4-14-37-33(26)31;/h3-18H,1-2H3;/q-2;+2. The number of hydrogen-bond donors (Lipinski definition) is 0. The van der Waals surface area contributed by atoms with Crippen LogP contribution in [-0.4, -0.2) is 28.7 Å². The van der Waals surface area contributed by atoms with E-state index in [9.17, 15) is 0 Å². The van der Waals surface area contributed by atoms with Crippen LogP contribution in [0.5, 0.6) is 11.5 Å². The average Bonchev–Trinajstić information content (AvgIpc) is 3.73. The van der Waals surface area contributed by atoms with Crippen molar-refractivity contribution in [3.63, 3.8) is 0 Å². The van der Waals surface area contributed by atoms with Gasteiger partial charge in [-0.05, 0) is 48.6 Å². The Balaban J connectivity index is 0.00000289. The fourth-order valence-corrected chi connectivity index (χ4v) is 6.30. The zero-order valence-electron chi connectivity index (χ0n) is 23.6. The average molecular weight is 750 g/mol. The fraction of sp³-hybridized carbons (Fsp3) is 0.0556. The SMILES string of the molecule is Cc1cccc(C)c1-c1ccc2c3ccc(Oc4[c-]c5c(cc4)c4ncccc4n4ccnc54)[c-]c3c3nccn3c2n1.[Pt+2]. The number of nitrogens with zero attached hydrogens (tertiary/aromatic N) is 6. The van der Waals surface area contributed by atoms with E-state index in [1.54, 1.807) is 18.6 Å². The van der Waals surface area contributed by atoms with Crippen LogP contribution in [0.3, 0.4) is 0 Å². The van der Waals surface area contributed by atoms with Gasteiger partial charge in [-0.15, -0.1) is 12.1 Å². The van der Waals surface area contributed by atoms with E-state index < -0.39 is 0 Å². The molecule has 6 aromatic heterocycles. The number of fused-ring (bicyclic) bond motifs is 12. The van der Waals surface area contributed by atoms with Crippen LogP contribution in [-0.2, 0) is 21.1 Å². The van der Waals surface area contributed by atoms with Gasteiger partial charge in [-0.2, -0.15) is 0 Å². The van der Waals surface area contributed by atoms with E-state index in [-0.39, 0.29) is 21.1 Å². The second-order valence-corrected chi connectivity index (χ2v) is 10.8. The van der Waals surface area contributed by atoms with E-state index in [2.05, 4.69) is 72.3 Å². The maximum absolute atomic E-state index is 6.35. The Morgan fingerprint density at radius 3 is 2.05 bits per heavy atom. The van der Waals surface area contributed by atoms with Gasteiger partial charge in [0.25, 0.3) is 0 Å². The molecule has 0 radical (unpaired) electrons.